The zero-order valence-electron chi connectivity index (χ0n) is 20.0. The Bertz CT molecular complexity index is 771. The third-order valence-corrected chi connectivity index (χ3v) is 6.29. The van der Waals surface area contributed by atoms with Gasteiger partial charge in [0.05, 0.1) is 13.2 Å². The molecule has 0 aromatic carbocycles. The summed E-state index contributed by atoms with van der Waals surface area (Å²) in [7, 11) is 0. The SMILES string of the molecule is CC(C=CC1=C(C)CCCC1(C)C)=CC=CC(C)=CCO[C@@H]1O[C@H](CO)[C@@H](O)[C@H](O)[C@H]1O. The molecule has 6 heteroatoms. The molecule has 0 spiro atoms. The third-order valence-electron chi connectivity index (χ3n) is 6.29. The van der Waals surface area contributed by atoms with Crippen LogP contribution in [0.1, 0.15) is 53.9 Å². The third kappa shape index (κ3) is 7.24. The summed E-state index contributed by atoms with van der Waals surface area (Å²) in [6.45, 7) is 10.6. The Morgan fingerprint density at radius 2 is 1.81 bits per heavy atom. The van der Waals surface area contributed by atoms with Gasteiger partial charge in [-0.15, -0.1) is 0 Å². The van der Waals surface area contributed by atoms with Crippen molar-refractivity contribution in [3.05, 3.63) is 58.7 Å². The van der Waals surface area contributed by atoms with Gasteiger partial charge in [0, 0.05) is 0 Å². The molecule has 0 aromatic heterocycles. The van der Waals surface area contributed by atoms with Crippen LogP contribution in [0.5, 0.6) is 0 Å². The Labute approximate surface area is 192 Å². The first-order valence-electron chi connectivity index (χ1n) is 11.4. The highest BCUT2D eigenvalue weighted by atomic mass is 16.7. The van der Waals surface area contributed by atoms with Crippen LogP contribution in [-0.4, -0.2) is 64.3 Å². The number of ether oxygens (including phenoxy) is 2. The van der Waals surface area contributed by atoms with Crippen LogP contribution in [-0.2, 0) is 9.47 Å². The topological polar surface area (TPSA) is 99.4 Å². The minimum absolute atomic E-state index is 0.157. The molecule has 6 nitrogen and oxygen atoms in total. The fraction of sp³-hybridized carbons (Fsp3) is 0.615. The summed E-state index contributed by atoms with van der Waals surface area (Å²) in [6.07, 6.45) is 9.62. The van der Waals surface area contributed by atoms with E-state index in [0.29, 0.717) is 0 Å². The van der Waals surface area contributed by atoms with E-state index >= 15 is 0 Å². The summed E-state index contributed by atoms with van der Waals surface area (Å²) in [6, 6.07) is 0. The molecule has 2 rings (SSSR count). The molecule has 32 heavy (non-hydrogen) atoms. The molecule has 0 bridgehead atoms. The molecule has 4 N–H and O–H groups in total. The minimum atomic E-state index is -1.43. The number of allylic oxidation sites excluding steroid dienone is 9. The minimum Gasteiger partial charge on any atom is -0.394 e. The van der Waals surface area contributed by atoms with Gasteiger partial charge in [-0.2, -0.15) is 0 Å². The maximum absolute atomic E-state index is 9.99. The van der Waals surface area contributed by atoms with Gasteiger partial charge in [0.15, 0.2) is 6.29 Å². The second-order valence-electron chi connectivity index (χ2n) is 9.51. The van der Waals surface area contributed by atoms with Crippen molar-refractivity contribution >= 4 is 0 Å². The number of aliphatic hydroxyl groups excluding tert-OH is 4. The second kappa shape index (κ2) is 12.1. The summed E-state index contributed by atoms with van der Waals surface area (Å²) in [5, 5.41) is 38.8. The number of hydrogen-bond donors (Lipinski definition) is 4. The molecular formula is C26H40O6. The highest BCUT2D eigenvalue weighted by Gasteiger charge is 2.43. The Kier molecular flexibility index (Phi) is 10.1. The molecule has 0 unspecified atom stereocenters. The first-order valence-corrected chi connectivity index (χ1v) is 11.4. The molecular weight excluding hydrogens is 408 g/mol. The van der Waals surface area contributed by atoms with Crippen molar-refractivity contribution in [3.8, 4) is 0 Å². The van der Waals surface area contributed by atoms with Crippen molar-refractivity contribution in [2.24, 2.45) is 5.41 Å². The predicted molar refractivity (Wildman–Crippen MR) is 126 cm³/mol. The second-order valence-corrected chi connectivity index (χ2v) is 9.51. The normalized spacial score (nSPS) is 32.3. The summed E-state index contributed by atoms with van der Waals surface area (Å²) < 4.78 is 10.8. The van der Waals surface area contributed by atoms with Gasteiger partial charge in [0.2, 0.25) is 0 Å². The average molecular weight is 449 g/mol. The van der Waals surface area contributed by atoms with E-state index in [9.17, 15) is 20.4 Å². The zero-order valence-corrected chi connectivity index (χ0v) is 20.0. The molecule has 1 heterocycles. The molecule has 1 fully saturated rings. The van der Waals surface area contributed by atoms with Crippen molar-refractivity contribution in [2.75, 3.05) is 13.2 Å². The van der Waals surface area contributed by atoms with Crippen LogP contribution in [0.2, 0.25) is 0 Å². The Hall–Kier alpha value is -1.54. The summed E-state index contributed by atoms with van der Waals surface area (Å²) >= 11 is 0. The fourth-order valence-corrected chi connectivity index (χ4v) is 4.18. The predicted octanol–water partition coefficient (Wildman–Crippen LogP) is 3.33. The highest BCUT2D eigenvalue weighted by molar-refractivity contribution is 5.37. The van der Waals surface area contributed by atoms with Gasteiger partial charge in [0.1, 0.15) is 24.4 Å². The molecule has 0 saturated carbocycles. The van der Waals surface area contributed by atoms with Crippen molar-refractivity contribution < 1.29 is 29.9 Å². The van der Waals surface area contributed by atoms with E-state index in [2.05, 4.69) is 45.9 Å². The lowest BCUT2D eigenvalue weighted by Gasteiger charge is -2.39. The van der Waals surface area contributed by atoms with Gasteiger partial charge < -0.3 is 29.9 Å². The highest BCUT2D eigenvalue weighted by Crippen LogP contribution is 2.40. The van der Waals surface area contributed by atoms with E-state index in [0.717, 1.165) is 11.1 Å². The van der Waals surface area contributed by atoms with E-state index in [1.807, 2.05) is 25.2 Å². The van der Waals surface area contributed by atoms with Crippen LogP contribution in [0.25, 0.3) is 0 Å². The van der Waals surface area contributed by atoms with Crippen molar-refractivity contribution in [2.45, 2.75) is 84.6 Å². The lowest BCUT2D eigenvalue weighted by Crippen LogP contribution is -2.59. The average Bonchev–Trinajstić information content (AvgIpc) is 2.73. The first kappa shape index (κ1) is 26.7. The zero-order chi connectivity index (χ0) is 23.9. The molecule has 0 amide bonds. The Morgan fingerprint density at radius 1 is 1.09 bits per heavy atom. The van der Waals surface area contributed by atoms with E-state index < -0.39 is 37.3 Å². The number of hydrogen-bond acceptors (Lipinski definition) is 6. The number of rotatable bonds is 8. The van der Waals surface area contributed by atoms with E-state index in [1.165, 1.54) is 30.4 Å². The van der Waals surface area contributed by atoms with Crippen LogP contribution < -0.4 is 0 Å². The van der Waals surface area contributed by atoms with Gasteiger partial charge in [-0.25, -0.2) is 0 Å². The van der Waals surface area contributed by atoms with Gasteiger partial charge in [0.25, 0.3) is 0 Å². The lowest BCUT2D eigenvalue weighted by atomic mass is 9.72. The lowest BCUT2D eigenvalue weighted by molar-refractivity contribution is -0.298. The maximum Gasteiger partial charge on any atom is 0.187 e. The Balaban J connectivity index is 1.88. The van der Waals surface area contributed by atoms with E-state index in [4.69, 9.17) is 9.47 Å². The summed E-state index contributed by atoms with van der Waals surface area (Å²) in [5.41, 5.74) is 5.29. The molecule has 1 aliphatic carbocycles. The van der Waals surface area contributed by atoms with Crippen LogP contribution in [0.4, 0.5) is 0 Å². The monoisotopic (exact) mass is 448 g/mol. The molecule has 1 aliphatic heterocycles. The van der Waals surface area contributed by atoms with Crippen LogP contribution in [0, 0.1) is 5.41 Å². The van der Waals surface area contributed by atoms with Gasteiger partial charge in [-0.3, -0.25) is 0 Å². The van der Waals surface area contributed by atoms with Crippen molar-refractivity contribution in [1.29, 1.82) is 0 Å². The maximum atomic E-state index is 9.99. The van der Waals surface area contributed by atoms with E-state index in [-0.39, 0.29) is 12.0 Å². The standard InChI is InChI=1S/C26H40O6/c1-17(11-12-20-19(3)10-7-14-26(20,4)5)8-6-9-18(2)13-15-31-25-24(30)23(29)22(28)21(16-27)32-25/h6,8-9,11-13,21-25,27-30H,7,10,14-16H2,1-5H3/t21-,22-,23+,24-,25-/m1/s1. The smallest absolute Gasteiger partial charge is 0.187 e. The van der Waals surface area contributed by atoms with Crippen molar-refractivity contribution in [1.82, 2.24) is 0 Å². The quantitative estimate of drug-likeness (QED) is 0.425. The van der Waals surface area contributed by atoms with Crippen LogP contribution in [0.15, 0.2) is 58.7 Å². The van der Waals surface area contributed by atoms with Crippen LogP contribution >= 0.6 is 0 Å². The van der Waals surface area contributed by atoms with Gasteiger partial charge >= 0.3 is 0 Å². The molecule has 0 aromatic rings. The summed E-state index contributed by atoms with van der Waals surface area (Å²) in [4.78, 5) is 0. The molecule has 1 saturated heterocycles. The van der Waals surface area contributed by atoms with Crippen LogP contribution in [0.3, 0.4) is 0 Å². The molecule has 5 atom stereocenters. The van der Waals surface area contributed by atoms with Crippen molar-refractivity contribution in [3.63, 3.8) is 0 Å². The summed E-state index contributed by atoms with van der Waals surface area (Å²) in [5.74, 6) is 0. The molecule has 180 valence electrons. The molecule has 2 aliphatic rings. The van der Waals surface area contributed by atoms with E-state index in [1.54, 1.807) is 0 Å². The largest absolute Gasteiger partial charge is 0.394 e. The van der Waals surface area contributed by atoms with Gasteiger partial charge in [-0.1, -0.05) is 67.0 Å². The first-order chi connectivity index (χ1) is 15.1. The Morgan fingerprint density at radius 3 is 2.47 bits per heavy atom. The molecule has 0 radical (unpaired) electrons. The fourth-order valence-electron chi connectivity index (χ4n) is 4.18. The number of aliphatic hydroxyl groups is 4. The van der Waals surface area contributed by atoms with Gasteiger partial charge in [-0.05, 0) is 51.0 Å².